The summed E-state index contributed by atoms with van der Waals surface area (Å²) in [5.74, 6) is 4.08. The summed E-state index contributed by atoms with van der Waals surface area (Å²) in [7, 11) is 0. The van der Waals surface area contributed by atoms with Gasteiger partial charge in [-0.25, -0.2) is 9.97 Å². The van der Waals surface area contributed by atoms with Crippen molar-refractivity contribution in [1.82, 2.24) is 20.3 Å². The average molecular weight is 365 g/mol. The van der Waals surface area contributed by atoms with Gasteiger partial charge in [0.05, 0.1) is 5.52 Å². The fourth-order valence-corrected chi connectivity index (χ4v) is 2.94. The maximum Gasteiger partial charge on any atom is 0.163 e. The number of pyridine rings is 1. The van der Waals surface area contributed by atoms with Crippen LogP contribution in [0.5, 0.6) is 0 Å². The number of allylic oxidation sites excluding steroid dienone is 4. The van der Waals surface area contributed by atoms with Gasteiger partial charge in [0, 0.05) is 53.8 Å². The number of hydrogen-bond donors (Lipinski definition) is 2. The second-order valence-corrected chi connectivity index (χ2v) is 6.27. The molecule has 5 nitrogen and oxygen atoms in total. The molecule has 0 unspecified atom stereocenters. The van der Waals surface area contributed by atoms with Crippen LogP contribution in [0, 0.1) is 12.3 Å². The molecule has 28 heavy (non-hydrogen) atoms. The summed E-state index contributed by atoms with van der Waals surface area (Å²) in [6, 6.07) is 9.60. The van der Waals surface area contributed by atoms with Crippen molar-refractivity contribution in [3.8, 4) is 23.7 Å². The molecule has 1 aliphatic heterocycles. The van der Waals surface area contributed by atoms with Crippen molar-refractivity contribution in [2.45, 2.75) is 6.42 Å². The number of anilines is 1. The van der Waals surface area contributed by atoms with Crippen LogP contribution in [0.2, 0.25) is 0 Å². The Morgan fingerprint density at radius 2 is 2.07 bits per heavy atom. The average Bonchev–Trinajstić information content (AvgIpc) is 3.03. The Balaban J connectivity index is 1.66. The molecule has 3 aromatic rings. The Bertz CT molecular complexity index is 1120. The third-order valence-corrected chi connectivity index (χ3v) is 4.35. The van der Waals surface area contributed by atoms with Gasteiger partial charge in [-0.2, -0.15) is 0 Å². The van der Waals surface area contributed by atoms with Gasteiger partial charge in [0.15, 0.2) is 5.82 Å². The topological polar surface area (TPSA) is 62.7 Å². The summed E-state index contributed by atoms with van der Waals surface area (Å²) in [6.07, 6.45) is 19.9. The second kappa shape index (κ2) is 8.19. The third kappa shape index (κ3) is 3.92. The minimum atomic E-state index is 0.634. The standard InChI is InChI=1S/C23H19N5/c1-2-17-9-10-21-20(15-17)23(26-14-11-19-8-4-3-5-13-25-19)28-22(27-21)18-7-6-12-24-16-18/h1,3-10,12-13,15-16,25H,11,14H2,(H,26,27,28). The van der Waals surface area contributed by atoms with Gasteiger partial charge < -0.3 is 10.6 Å². The van der Waals surface area contributed by atoms with Crippen LogP contribution in [0.4, 0.5) is 5.82 Å². The molecule has 1 aromatic carbocycles. The van der Waals surface area contributed by atoms with Crippen LogP contribution in [-0.4, -0.2) is 21.5 Å². The van der Waals surface area contributed by atoms with Gasteiger partial charge in [0.25, 0.3) is 0 Å². The predicted molar refractivity (Wildman–Crippen MR) is 113 cm³/mol. The highest BCUT2D eigenvalue weighted by Gasteiger charge is 2.10. The molecule has 2 aromatic heterocycles. The molecule has 1 aliphatic rings. The Kier molecular flexibility index (Phi) is 5.12. The van der Waals surface area contributed by atoms with E-state index in [1.165, 1.54) is 0 Å². The van der Waals surface area contributed by atoms with Crippen LogP contribution in [0.15, 0.2) is 78.9 Å². The summed E-state index contributed by atoms with van der Waals surface area (Å²) in [5.41, 5.74) is 3.65. The van der Waals surface area contributed by atoms with Crippen molar-refractivity contribution >= 4 is 16.7 Å². The van der Waals surface area contributed by atoms with Crippen LogP contribution >= 0.6 is 0 Å². The van der Waals surface area contributed by atoms with Crippen LogP contribution in [0.3, 0.4) is 0 Å². The fourth-order valence-electron chi connectivity index (χ4n) is 2.94. The van der Waals surface area contributed by atoms with Crippen molar-refractivity contribution < 1.29 is 0 Å². The first kappa shape index (κ1) is 17.5. The summed E-state index contributed by atoms with van der Waals surface area (Å²) < 4.78 is 0. The van der Waals surface area contributed by atoms with Gasteiger partial charge in [-0.05, 0) is 42.5 Å². The maximum absolute atomic E-state index is 5.58. The third-order valence-electron chi connectivity index (χ3n) is 4.35. The Morgan fingerprint density at radius 1 is 1.11 bits per heavy atom. The minimum absolute atomic E-state index is 0.634. The van der Waals surface area contributed by atoms with Crippen LogP contribution < -0.4 is 10.6 Å². The van der Waals surface area contributed by atoms with Gasteiger partial charge >= 0.3 is 0 Å². The molecule has 3 heterocycles. The number of nitrogens with zero attached hydrogens (tertiary/aromatic N) is 3. The lowest BCUT2D eigenvalue weighted by atomic mass is 10.1. The van der Waals surface area contributed by atoms with Crippen LogP contribution in [0.1, 0.15) is 12.0 Å². The van der Waals surface area contributed by atoms with Crippen molar-refractivity contribution in [3.05, 3.63) is 84.5 Å². The highest BCUT2D eigenvalue weighted by atomic mass is 15.0. The Morgan fingerprint density at radius 3 is 2.93 bits per heavy atom. The molecule has 5 heteroatoms. The van der Waals surface area contributed by atoms with E-state index in [0.717, 1.165) is 46.5 Å². The van der Waals surface area contributed by atoms with Crippen LogP contribution in [0.25, 0.3) is 22.3 Å². The SMILES string of the molecule is C#Cc1ccc2nc(-c3cccnc3)nc(NCCC3=CC=CC=CN3)c2c1. The Hall–Kier alpha value is -3.91. The van der Waals surface area contributed by atoms with Crippen molar-refractivity contribution in [1.29, 1.82) is 0 Å². The molecule has 0 atom stereocenters. The number of rotatable bonds is 5. The van der Waals surface area contributed by atoms with Gasteiger partial charge in [-0.15, -0.1) is 6.42 Å². The van der Waals surface area contributed by atoms with E-state index >= 15 is 0 Å². The smallest absolute Gasteiger partial charge is 0.163 e. The van der Waals surface area contributed by atoms with E-state index < -0.39 is 0 Å². The minimum Gasteiger partial charge on any atom is -0.369 e. The summed E-state index contributed by atoms with van der Waals surface area (Å²) in [6.45, 7) is 0.722. The molecule has 0 aliphatic carbocycles. The molecule has 0 saturated carbocycles. The molecule has 136 valence electrons. The van der Waals surface area contributed by atoms with Crippen molar-refractivity contribution in [3.63, 3.8) is 0 Å². The molecule has 0 bridgehead atoms. The van der Waals surface area contributed by atoms with E-state index in [9.17, 15) is 0 Å². The van der Waals surface area contributed by atoms with Gasteiger partial charge in [-0.1, -0.05) is 18.1 Å². The largest absolute Gasteiger partial charge is 0.369 e. The number of benzene rings is 1. The molecule has 4 rings (SSSR count). The summed E-state index contributed by atoms with van der Waals surface area (Å²) in [4.78, 5) is 13.6. The summed E-state index contributed by atoms with van der Waals surface area (Å²) >= 11 is 0. The lowest BCUT2D eigenvalue weighted by Gasteiger charge is -2.12. The zero-order valence-electron chi connectivity index (χ0n) is 15.3. The molecule has 0 spiro atoms. The molecular formula is C23H19N5. The van der Waals surface area contributed by atoms with Crippen LogP contribution in [-0.2, 0) is 0 Å². The van der Waals surface area contributed by atoms with E-state index in [-0.39, 0.29) is 0 Å². The van der Waals surface area contributed by atoms with Crippen molar-refractivity contribution in [2.24, 2.45) is 0 Å². The molecule has 0 amide bonds. The lowest BCUT2D eigenvalue weighted by molar-refractivity contribution is 0.897. The quantitative estimate of drug-likeness (QED) is 0.669. The van der Waals surface area contributed by atoms with Gasteiger partial charge in [0.2, 0.25) is 0 Å². The highest BCUT2D eigenvalue weighted by molar-refractivity contribution is 5.91. The van der Waals surface area contributed by atoms with Crippen molar-refractivity contribution in [2.75, 3.05) is 11.9 Å². The number of terminal acetylenes is 1. The first-order chi connectivity index (χ1) is 13.8. The number of nitrogens with one attached hydrogen (secondary N) is 2. The zero-order valence-corrected chi connectivity index (χ0v) is 15.3. The normalized spacial score (nSPS) is 12.8. The summed E-state index contributed by atoms with van der Waals surface area (Å²) in [5, 5.41) is 7.63. The molecule has 0 fully saturated rings. The highest BCUT2D eigenvalue weighted by Crippen LogP contribution is 2.25. The van der Waals surface area contributed by atoms with E-state index in [1.54, 1.807) is 12.4 Å². The number of aromatic nitrogens is 3. The predicted octanol–water partition coefficient (Wildman–Crippen LogP) is 4.03. The zero-order chi connectivity index (χ0) is 19.2. The molecule has 0 saturated heterocycles. The number of fused-ring (bicyclic) bond motifs is 1. The van der Waals surface area contributed by atoms with Gasteiger partial charge in [-0.3, -0.25) is 4.98 Å². The van der Waals surface area contributed by atoms with E-state index in [0.29, 0.717) is 5.82 Å². The maximum atomic E-state index is 5.58. The second-order valence-electron chi connectivity index (χ2n) is 6.27. The lowest BCUT2D eigenvalue weighted by Crippen LogP contribution is -2.11. The monoisotopic (exact) mass is 365 g/mol. The van der Waals surface area contributed by atoms with Gasteiger partial charge in [0.1, 0.15) is 5.82 Å². The molecule has 2 N–H and O–H groups in total. The first-order valence-electron chi connectivity index (χ1n) is 9.05. The van der Waals surface area contributed by atoms with E-state index in [1.807, 2.05) is 54.8 Å². The molecule has 0 radical (unpaired) electrons. The first-order valence-corrected chi connectivity index (χ1v) is 9.05. The fraction of sp³-hybridized carbons (Fsp3) is 0.0870. The number of hydrogen-bond acceptors (Lipinski definition) is 5. The Labute approximate surface area is 164 Å². The van der Waals surface area contributed by atoms with E-state index in [2.05, 4.69) is 27.6 Å². The van der Waals surface area contributed by atoms with E-state index in [4.69, 9.17) is 16.4 Å². The molecular weight excluding hydrogens is 346 g/mol.